The second-order valence-electron chi connectivity index (χ2n) is 4.50. The van der Waals surface area contributed by atoms with E-state index in [0.29, 0.717) is 0 Å². The number of carboxylic acid groups (broad SMARTS) is 1. The van der Waals surface area contributed by atoms with Crippen molar-refractivity contribution in [2.24, 2.45) is 0 Å². The van der Waals surface area contributed by atoms with Crippen molar-refractivity contribution in [1.82, 2.24) is 5.32 Å². The van der Waals surface area contributed by atoms with E-state index in [1.54, 1.807) is 0 Å². The Hall–Kier alpha value is -1.06. The van der Waals surface area contributed by atoms with Crippen LogP contribution in [0.25, 0.3) is 0 Å². The fraction of sp³-hybridized carbons (Fsp3) is 0.462. The highest BCUT2D eigenvalue weighted by Crippen LogP contribution is 2.27. The van der Waals surface area contributed by atoms with E-state index in [0.717, 1.165) is 24.3 Å². The second-order valence-corrected chi connectivity index (χ2v) is 4.93. The number of aliphatic carboxylic acids is 1. The van der Waals surface area contributed by atoms with Crippen LogP contribution in [0.15, 0.2) is 24.3 Å². The van der Waals surface area contributed by atoms with Gasteiger partial charge >= 0.3 is 5.97 Å². The number of rotatable bonds is 3. The molecule has 4 heteroatoms. The Labute approximate surface area is 106 Å². The molecular formula is C13H16ClNO2. The Morgan fingerprint density at radius 2 is 2.06 bits per heavy atom. The summed E-state index contributed by atoms with van der Waals surface area (Å²) in [6.07, 6.45) is 3.26. The van der Waals surface area contributed by atoms with Crippen molar-refractivity contribution < 1.29 is 9.90 Å². The molecule has 17 heavy (non-hydrogen) atoms. The van der Waals surface area contributed by atoms with E-state index in [4.69, 9.17) is 16.7 Å². The first kappa shape index (κ1) is 12.4. The van der Waals surface area contributed by atoms with Crippen molar-refractivity contribution in [2.45, 2.75) is 37.8 Å². The van der Waals surface area contributed by atoms with Crippen molar-refractivity contribution in [3.05, 3.63) is 34.9 Å². The molecule has 0 bridgehead atoms. The van der Waals surface area contributed by atoms with Crippen molar-refractivity contribution >= 4 is 17.6 Å². The monoisotopic (exact) mass is 253 g/mol. The molecule has 2 N–H and O–H groups in total. The zero-order valence-electron chi connectivity index (χ0n) is 9.53. The van der Waals surface area contributed by atoms with E-state index in [1.165, 1.54) is 5.56 Å². The van der Waals surface area contributed by atoms with Crippen molar-refractivity contribution in [1.29, 1.82) is 0 Å². The molecule has 1 aliphatic heterocycles. The van der Waals surface area contributed by atoms with Crippen LogP contribution in [0.2, 0.25) is 5.02 Å². The summed E-state index contributed by atoms with van der Waals surface area (Å²) in [5, 5.41) is 12.9. The number of benzene rings is 1. The highest BCUT2D eigenvalue weighted by Gasteiger charge is 2.23. The third-order valence-corrected chi connectivity index (χ3v) is 3.43. The lowest BCUT2D eigenvalue weighted by Gasteiger charge is -2.30. The number of hydrogen-bond acceptors (Lipinski definition) is 2. The fourth-order valence-corrected chi connectivity index (χ4v) is 2.48. The van der Waals surface area contributed by atoms with Gasteiger partial charge in [-0.3, -0.25) is 4.79 Å². The first-order valence-electron chi connectivity index (χ1n) is 5.88. The number of piperidine rings is 1. The maximum Gasteiger partial charge on any atom is 0.304 e. The molecule has 0 spiro atoms. The van der Waals surface area contributed by atoms with Gasteiger partial charge in [-0.25, -0.2) is 0 Å². The predicted octanol–water partition coefficient (Wildman–Crippen LogP) is 3.00. The van der Waals surface area contributed by atoms with Gasteiger partial charge in [0.05, 0.1) is 6.42 Å². The van der Waals surface area contributed by atoms with Gasteiger partial charge in [-0.15, -0.1) is 0 Å². The van der Waals surface area contributed by atoms with Crippen LogP contribution in [0.5, 0.6) is 0 Å². The maximum absolute atomic E-state index is 10.7. The topological polar surface area (TPSA) is 49.3 Å². The fourth-order valence-electron chi connectivity index (χ4n) is 2.35. The lowest BCUT2D eigenvalue weighted by Crippen LogP contribution is -2.38. The van der Waals surface area contributed by atoms with Gasteiger partial charge in [-0.1, -0.05) is 23.7 Å². The minimum absolute atomic E-state index is 0.0851. The average molecular weight is 254 g/mol. The molecule has 1 heterocycles. The van der Waals surface area contributed by atoms with Gasteiger partial charge in [0.25, 0.3) is 0 Å². The van der Waals surface area contributed by atoms with Crippen molar-refractivity contribution in [3.8, 4) is 0 Å². The van der Waals surface area contributed by atoms with Crippen LogP contribution < -0.4 is 5.32 Å². The Kier molecular flexibility index (Phi) is 4.02. The lowest BCUT2D eigenvalue weighted by atomic mass is 9.92. The average Bonchev–Trinajstić information content (AvgIpc) is 2.29. The minimum Gasteiger partial charge on any atom is -0.481 e. The number of nitrogens with one attached hydrogen (secondary N) is 1. The van der Waals surface area contributed by atoms with Crippen LogP contribution in [0, 0.1) is 0 Å². The van der Waals surface area contributed by atoms with Gasteiger partial charge in [0.15, 0.2) is 0 Å². The van der Waals surface area contributed by atoms with Gasteiger partial charge in [-0.2, -0.15) is 0 Å². The molecule has 1 saturated heterocycles. The molecule has 92 valence electrons. The molecule has 0 aromatic heterocycles. The summed E-state index contributed by atoms with van der Waals surface area (Å²) in [5.74, 6) is -0.737. The Bertz CT molecular complexity index is 391. The molecule has 0 radical (unpaired) electrons. The molecule has 0 saturated carbocycles. The molecule has 2 atom stereocenters. The summed E-state index contributed by atoms with van der Waals surface area (Å²) < 4.78 is 0. The zero-order valence-corrected chi connectivity index (χ0v) is 10.3. The van der Waals surface area contributed by atoms with Crippen LogP contribution in [-0.2, 0) is 4.79 Å². The minimum atomic E-state index is -0.737. The molecule has 3 nitrogen and oxygen atoms in total. The summed E-state index contributed by atoms with van der Waals surface area (Å²) in [6, 6.07) is 8.10. The summed E-state index contributed by atoms with van der Waals surface area (Å²) >= 11 is 5.85. The molecule has 1 fully saturated rings. The van der Waals surface area contributed by atoms with Crippen molar-refractivity contribution in [3.63, 3.8) is 0 Å². The SMILES string of the molecule is O=C(O)CC1CCCC(c2ccc(Cl)cc2)N1. The summed E-state index contributed by atoms with van der Waals surface area (Å²) in [7, 11) is 0. The van der Waals surface area contributed by atoms with E-state index >= 15 is 0 Å². The summed E-state index contributed by atoms with van der Waals surface area (Å²) in [4.78, 5) is 10.7. The standard InChI is InChI=1S/C13H16ClNO2/c14-10-6-4-9(5-7-10)12-3-1-2-11(15-12)8-13(16)17/h4-7,11-12,15H,1-3,8H2,(H,16,17). The zero-order chi connectivity index (χ0) is 12.3. The Morgan fingerprint density at radius 3 is 2.71 bits per heavy atom. The summed E-state index contributed by atoms with van der Waals surface area (Å²) in [5.41, 5.74) is 1.18. The molecule has 1 aromatic rings. The van der Waals surface area contributed by atoms with Crippen LogP contribution in [0.1, 0.15) is 37.3 Å². The van der Waals surface area contributed by atoms with E-state index in [2.05, 4.69) is 5.32 Å². The number of carbonyl (C=O) groups is 1. The highest BCUT2D eigenvalue weighted by molar-refractivity contribution is 6.30. The molecule has 2 rings (SSSR count). The quantitative estimate of drug-likeness (QED) is 0.871. The first-order chi connectivity index (χ1) is 8.15. The van der Waals surface area contributed by atoms with E-state index in [9.17, 15) is 4.79 Å². The maximum atomic E-state index is 10.7. The van der Waals surface area contributed by atoms with Crippen LogP contribution in [0.4, 0.5) is 0 Å². The van der Waals surface area contributed by atoms with E-state index in [-0.39, 0.29) is 18.5 Å². The molecule has 0 aliphatic carbocycles. The molecule has 1 aliphatic rings. The van der Waals surface area contributed by atoms with E-state index < -0.39 is 5.97 Å². The normalized spacial score (nSPS) is 24.5. The second kappa shape index (κ2) is 5.52. The lowest BCUT2D eigenvalue weighted by molar-refractivity contribution is -0.137. The highest BCUT2D eigenvalue weighted by atomic mass is 35.5. The Morgan fingerprint density at radius 1 is 1.35 bits per heavy atom. The van der Waals surface area contributed by atoms with Crippen molar-refractivity contribution in [2.75, 3.05) is 0 Å². The number of hydrogen-bond donors (Lipinski definition) is 2. The molecule has 2 unspecified atom stereocenters. The van der Waals surface area contributed by atoms with E-state index in [1.807, 2.05) is 24.3 Å². The van der Waals surface area contributed by atoms with Gasteiger partial charge in [0.2, 0.25) is 0 Å². The summed E-state index contributed by atoms with van der Waals surface area (Å²) in [6.45, 7) is 0. The van der Waals surface area contributed by atoms with Gasteiger partial charge < -0.3 is 10.4 Å². The number of carboxylic acids is 1. The first-order valence-corrected chi connectivity index (χ1v) is 6.26. The predicted molar refractivity (Wildman–Crippen MR) is 67.2 cm³/mol. The van der Waals surface area contributed by atoms with Gasteiger partial charge in [-0.05, 0) is 37.0 Å². The van der Waals surface area contributed by atoms with Crippen LogP contribution in [0.3, 0.4) is 0 Å². The van der Waals surface area contributed by atoms with Gasteiger partial charge in [0.1, 0.15) is 0 Å². The van der Waals surface area contributed by atoms with Crippen LogP contribution >= 0.6 is 11.6 Å². The molecular weight excluding hydrogens is 238 g/mol. The van der Waals surface area contributed by atoms with Gasteiger partial charge in [0, 0.05) is 17.1 Å². The smallest absolute Gasteiger partial charge is 0.304 e. The van der Waals surface area contributed by atoms with Crippen LogP contribution in [-0.4, -0.2) is 17.1 Å². The third kappa shape index (κ3) is 3.45. The Balaban J connectivity index is 2.01. The largest absolute Gasteiger partial charge is 0.481 e. The molecule has 1 aromatic carbocycles. The third-order valence-electron chi connectivity index (χ3n) is 3.18. The molecule has 0 amide bonds. The number of halogens is 1.